The summed E-state index contributed by atoms with van der Waals surface area (Å²) in [4.78, 5) is 4.14. The summed E-state index contributed by atoms with van der Waals surface area (Å²) in [6.45, 7) is 4.82. The number of hydrogen-bond donors (Lipinski definition) is 2. The van der Waals surface area contributed by atoms with E-state index in [4.69, 9.17) is 5.11 Å². The molecular formula is C13H18N4O. The Kier molecular flexibility index (Phi) is 3.62. The van der Waals surface area contributed by atoms with Gasteiger partial charge in [-0.1, -0.05) is 0 Å². The first-order valence-electron chi connectivity index (χ1n) is 5.93. The molecule has 0 aliphatic heterocycles. The minimum Gasteiger partial charge on any atom is -0.506 e. The van der Waals surface area contributed by atoms with Gasteiger partial charge in [0, 0.05) is 30.9 Å². The Morgan fingerprint density at radius 2 is 2.17 bits per heavy atom. The fourth-order valence-electron chi connectivity index (χ4n) is 1.83. The van der Waals surface area contributed by atoms with Crippen molar-refractivity contribution in [2.45, 2.75) is 26.4 Å². The first-order valence-corrected chi connectivity index (χ1v) is 5.93. The van der Waals surface area contributed by atoms with E-state index in [-0.39, 0.29) is 11.8 Å². The number of rotatable bonds is 4. The van der Waals surface area contributed by atoms with Crippen LogP contribution in [0.1, 0.15) is 29.9 Å². The lowest BCUT2D eigenvalue weighted by Gasteiger charge is -2.13. The molecule has 0 bridgehead atoms. The molecule has 0 aromatic carbocycles. The molecular weight excluding hydrogens is 228 g/mol. The first-order chi connectivity index (χ1) is 8.58. The second-order valence-corrected chi connectivity index (χ2v) is 4.42. The molecule has 2 heterocycles. The molecule has 0 spiro atoms. The second kappa shape index (κ2) is 5.18. The molecule has 96 valence electrons. The van der Waals surface area contributed by atoms with Crippen LogP contribution in [0.3, 0.4) is 0 Å². The van der Waals surface area contributed by atoms with Gasteiger partial charge in [-0.05, 0) is 26.0 Å². The number of pyridine rings is 1. The van der Waals surface area contributed by atoms with E-state index in [0.717, 1.165) is 11.4 Å². The molecule has 18 heavy (non-hydrogen) atoms. The molecule has 2 N–H and O–H groups in total. The van der Waals surface area contributed by atoms with E-state index in [9.17, 15) is 0 Å². The normalized spacial score (nSPS) is 12.6. The van der Waals surface area contributed by atoms with Gasteiger partial charge in [0.1, 0.15) is 5.75 Å². The zero-order valence-corrected chi connectivity index (χ0v) is 10.9. The Bertz CT molecular complexity index is 518. The highest BCUT2D eigenvalue weighted by Gasteiger charge is 2.11. The molecule has 0 saturated carbocycles. The third-order valence-electron chi connectivity index (χ3n) is 3.14. The Morgan fingerprint density at radius 3 is 2.72 bits per heavy atom. The SMILES string of the molecule is Cc1c(C(C)NCc2ccc(O)cn2)cnn1C. The molecule has 5 nitrogen and oxygen atoms in total. The molecule has 2 rings (SSSR count). The molecule has 0 aliphatic carbocycles. The monoisotopic (exact) mass is 246 g/mol. The van der Waals surface area contributed by atoms with E-state index in [1.165, 1.54) is 11.8 Å². The molecule has 1 unspecified atom stereocenters. The predicted molar refractivity (Wildman–Crippen MR) is 69.1 cm³/mol. The number of aryl methyl sites for hydroxylation is 1. The Hall–Kier alpha value is -1.88. The van der Waals surface area contributed by atoms with Crippen molar-refractivity contribution in [2.24, 2.45) is 7.05 Å². The number of nitrogens with one attached hydrogen (secondary N) is 1. The van der Waals surface area contributed by atoms with Gasteiger partial charge in [0.25, 0.3) is 0 Å². The highest BCUT2D eigenvalue weighted by atomic mass is 16.3. The number of nitrogens with zero attached hydrogens (tertiary/aromatic N) is 3. The van der Waals surface area contributed by atoms with Crippen LogP contribution in [0.5, 0.6) is 5.75 Å². The quantitative estimate of drug-likeness (QED) is 0.861. The van der Waals surface area contributed by atoms with E-state index < -0.39 is 0 Å². The largest absolute Gasteiger partial charge is 0.506 e. The van der Waals surface area contributed by atoms with Gasteiger partial charge in [-0.25, -0.2) is 0 Å². The van der Waals surface area contributed by atoms with E-state index in [1.807, 2.05) is 24.0 Å². The van der Waals surface area contributed by atoms with Crippen LogP contribution in [0.2, 0.25) is 0 Å². The summed E-state index contributed by atoms with van der Waals surface area (Å²) in [7, 11) is 1.94. The third kappa shape index (κ3) is 2.68. The van der Waals surface area contributed by atoms with Gasteiger partial charge in [-0.3, -0.25) is 9.67 Å². The fourth-order valence-corrected chi connectivity index (χ4v) is 1.83. The van der Waals surface area contributed by atoms with Crippen molar-refractivity contribution in [2.75, 3.05) is 0 Å². The summed E-state index contributed by atoms with van der Waals surface area (Å²) in [5.74, 6) is 0.190. The topological polar surface area (TPSA) is 63.0 Å². The third-order valence-corrected chi connectivity index (χ3v) is 3.14. The zero-order chi connectivity index (χ0) is 13.1. The van der Waals surface area contributed by atoms with Gasteiger partial charge < -0.3 is 10.4 Å². The molecule has 0 saturated heterocycles. The van der Waals surface area contributed by atoms with Crippen LogP contribution in [0.25, 0.3) is 0 Å². The van der Waals surface area contributed by atoms with Crippen molar-refractivity contribution < 1.29 is 5.11 Å². The van der Waals surface area contributed by atoms with Gasteiger partial charge in [-0.2, -0.15) is 5.10 Å². The molecule has 0 fully saturated rings. The second-order valence-electron chi connectivity index (χ2n) is 4.42. The fraction of sp³-hybridized carbons (Fsp3) is 0.385. The Morgan fingerprint density at radius 1 is 1.39 bits per heavy atom. The molecule has 0 aliphatic rings. The maximum absolute atomic E-state index is 9.16. The standard InChI is InChI=1S/C13H18N4O/c1-9(13-8-16-17(3)10(13)2)14-6-11-4-5-12(18)7-15-11/h4-5,7-9,14,18H,6H2,1-3H3. The highest BCUT2D eigenvalue weighted by molar-refractivity contribution is 5.21. The lowest BCUT2D eigenvalue weighted by molar-refractivity contribution is 0.471. The minimum atomic E-state index is 0.190. The van der Waals surface area contributed by atoms with Crippen LogP contribution in [0.4, 0.5) is 0 Å². The molecule has 2 aromatic rings. The lowest BCUT2D eigenvalue weighted by Crippen LogP contribution is -2.19. The van der Waals surface area contributed by atoms with Crippen molar-refractivity contribution in [3.8, 4) is 5.75 Å². The summed E-state index contributed by atoms with van der Waals surface area (Å²) >= 11 is 0. The zero-order valence-electron chi connectivity index (χ0n) is 10.9. The average molecular weight is 246 g/mol. The van der Waals surface area contributed by atoms with Crippen molar-refractivity contribution in [1.82, 2.24) is 20.1 Å². The van der Waals surface area contributed by atoms with Gasteiger partial charge in [-0.15, -0.1) is 0 Å². The van der Waals surface area contributed by atoms with Crippen molar-refractivity contribution in [1.29, 1.82) is 0 Å². The minimum absolute atomic E-state index is 0.190. The number of aromatic hydroxyl groups is 1. The molecule has 5 heteroatoms. The molecule has 2 aromatic heterocycles. The lowest BCUT2D eigenvalue weighted by atomic mass is 10.1. The van der Waals surface area contributed by atoms with Gasteiger partial charge >= 0.3 is 0 Å². The van der Waals surface area contributed by atoms with Crippen LogP contribution in [0, 0.1) is 6.92 Å². The highest BCUT2D eigenvalue weighted by Crippen LogP contribution is 2.16. The molecule has 1 atom stereocenters. The number of hydrogen-bond acceptors (Lipinski definition) is 4. The maximum atomic E-state index is 9.16. The van der Waals surface area contributed by atoms with Crippen molar-refractivity contribution in [3.05, 3.63) is 41.5 Å². The van der Waals surface area contributed by atoms with Crippen molar-refractivity contribution in [3.63, 3.8) is 0 Å². The van der Waals surface area contributed by atoms with Gasteiger partial charge in [0.05, 0.1) is 18.1 Å². The predicted octanol–water partition coefficient (Wildman–Crippen LogP) is 1.68. The Balaban J connectivity index is 1.98. The summed E-state index contributed by atoms with van der Waals surface area (Å²) in [6.07, 6.45) is 3.34. The van der Waals surface area contributed by atoms with Crippen LogP contribution in [-0.4, -0.2) is 19.9 Å². The van der Waals surface area contributed by atoms with E-state index >= 15 is 0 Å². The van der Waals surface area contributed by atoms with Crippen LogP contribution >= 0.6 is 0 Å². The van der Waals surface area contributed by atoms with Crippen LogP contribution in [-0.2, 0) is 13.6 Å². The summed E-state index contributed by atoms with van der Waals surface area (Å²) < 4.78 is 1.87. The smallest absolute Gasteiger partial charge is 0.133 e. The van der Waals surface area contributed by atoms with Crippen LogP contribution in [0.15, 0.2) is 24.5 Å². The van der Waals surface area contributed by atoms with E-state index in [1.54, 1.807) is 6.07 Å². The van der Waals surface area contributed by atoms with Crippen LogP contribution < -0.4 is 5.32 Å². The Labute approximate surface area is 106 Å². The van der Waals surface area contributed by atoms with E-state index in [0.29, 0.717) is 6.54 Å². The summed E-state index contributed by atoms with van der Waals surface area (Å²) in [5, 5.41) is 16.8. The molecule has 0 amide bonds. The summed E-state index contributed by atoms with van der Waals surface area (Å²) in [5.41, 5.74) is 3.26. The molecule has 0 radical (unpaired) electrons. The first kappa shape index (κ1) is 12.6. The van der Waals surface area contributed by atoms with E-state index in [2.05, 4.69) is 29.2 Å². The average Bonchev–Trinajstić information content (AvgIpc) is 2.69. The van der Waals surface area contributed by atoms with Gasteiger partial charge in [0.15, 0.2) is 0 Å². The van der Waals surface area contributed by atoms with Gasteiger partial charge in [0.2, 0.25) is 0 Å². The number of aromatic nitrogens is 3. The summed E-state index contributed by atoms with van der Waals surface area (Å²) in [6, 6.07) is 3.67. The van der Waals surface area contributed by atoms with Crippen molar-refractivity contribution >= 4 is 0 Å². The maximum Gasteiger partial charge on any atom is 0.133 e.